The van der Waals surface area contributed by atoms with E-state index >= 15 is 0 Å². The number of ether oxygens (including phenoxy) is 2. The smallest absolute Gasteiger partial charge is 0.345 e. The zero-order chi connectivity index (χ0) is 14.4. The molecule has 0 aromatic carbocycles. The molecule has 0 unspecified atom stereocenters. The molecule has 1 heterocycles. The Morgan fingerprint density at radius 3 is 2.58 bits per heavy atom. The van der Waals surface area contributed by atoms with E-state index in [0.29, 0.717) is 6.29 Å². The van der Waals surface area contributed by atoms with Crippen LogP contribution in [-0.2, 0) is 16.1 Å². The van der Waals surface area contributed by atoms with E-state index in [1.165, 1.54) is 14.2 Å². The number of methoxy groups -OCH3 is 2. The third kappa shape index (κ3) is 3.08. The van der Waals surface area contributed by atoms with Crippen LogP contribution in [-0.4, -0.2) is 31.6 Å². The highest BCUT2D eigenvalue weighted by atomic mass is 16.5. The molecule has 0 bridgehead atoms. The van der Waals surface area contributed by atoms with E-state index < -0.39 is 18.2 Å². The minimum Gasteiger partial charge on any atom is -0.495 e. The van der Waals surface area contributed by atoms with Gasteiger partial charge in [-0.2, -0.15) is 0 Å². The second-order valence-electron chi connectivity index (χ2n) is 3.31. The van der Waals surface area contributed by atoms with E-state index in [2.05, 4.69) is 4.74 Å². The van der Waals surface area contributed by atoms with Crippen molar-refractivity contribution < 1.29 is 28.6 Å². The van der Waals surface area contributed by atoms with E-state index in [4.69, 9.17) is 14.3 Å². The third-order valence-corrected chi connectivity index (χ3v) is 2.29. The molecule has 0 amide bonds. The Hall–Kier alpha value is -2.41. The summed E-state index contributed by atoms with van der Waals surface area (Å²) in [6.45, 7) is -0.632. The summed E-state index contributed by atoms with van der Waals surface area (Å²) in [7, 11) is 2.42. The number of carbonyl (C=O) groups is 2. The highest BCUT2D eigenvalue weighted by molar-refractivity contribution is 5.90. The van der Waals surface area contributed by atoms with Crippen LogP contribution in [0.25, 0.3) is 6.08 Å². The van der Waals surface area contributed by atoms with Crippen LogP contribution in [0.1, 0.15) is 21.7 Å². The maximum Gasteiger partial charge on any atom is 0.345 e. The number of aliphatic hydroxyl groups is 1. The fourth-order valence-corrected chi connectivity index (χ4v) is 1.40. The van der Waals surface area contributed by atoms with Crippen molar-refractivity contribution in [2.45, 2.75) is 6.61 Å². The third-order valence-electron chi connectivity index (χ3n) is 2.29. The van der Waals surface area contributed by atoms with Crippen LogP contribution in [0.2, 0.25) is 0 Å². The zero-order valence-corrected chi connectivity index (χ0v) is 10.3. The van der Waals surface area contributed by atoms with E-state index in [0.717, 1.165) is 12.2 Å². The van der Waals surface area contributed by atoms with Gasteiger partial charge in [0.2, 0.25) is 0 Å². The van der Waals surface area contributed by atoms with E-state index in [1.54, 1.807) is 0 Å². The Morgan fingerprint density at radius 2 is 2.11 bits per heavy atom. The molecule has 0 atom stereocenters. The maximum atomic E-state index is 11.6. The zero-order valence-electron chi connectivity index (χ0n) is 10.3. The first kappa shape index (κ1) is 14.7. The van der Waals surface area contributed by atoms with Gasteiger partial charge in [-0.15, -0.1) is 0 Å². The lowest BCUT2D eigenvalue weighted by atomic mass is 10.1. The van der Waals surface area contributed by atoms with Gasteiger partial charge in [0, 0.05) is 6.08 Å². The Bertz CT molecular complexity index is 568. The van der Waals surface area contributed by atoms with E-state index in [9.17, 15) is 14.4 Å². The molecule has 7 nitrogen and oxygen atoms in total. The molecule has 0 saturated carbocycles. The first-order chi connectivity index (χ1) is 9.08. The molecule has 1 aromatic heterocycles. The van der Waals surface area contributed by atoms with Crippen molar-refractivity contribution in [1.29, 1.82) is 0 Å². The van der Waals surface area contributed by atoms with E-state index in [-0.39, 0.29) is 22.6 Å². The molecule has 0 fully saturated rings. The lowest BCUT2D eigenvalue weighted by Gasteiger charge is -2.08. The molecular formula is C12H12O7. The number of carbonyl (C=O) groups excluding carboxylic acids is 2. The quantitative estimate of drug-likeness (QED) is 0.460. The second kappa shape index (κ2) is 6.50. The summed E-state index contributed by atoms with van der Waals surface area (Å²) in [6, 6.07) is 0. The van der Waals surface area contributed by atoms with Gasteiger partial charge in [-0.1, -0.05) is 0 Å². The fraction of sp³-hybridized carbons (Fsp3) is 0.250. The van der Waals surface area contributed by atoms with Crippen molar-refractivity contribution in [3.05, 3.63) is 33.4 Å². The van der Waals surface area contributed by atoms with Gasteiger partial charge in [-0.05, 0) is 6.08 Å². The van der Waals surface area contributed by atoms with Crippen LogP contribution < -0.4 is 10.4 Å². The van der Waals surface area contributed by atoms with Crippen LogP contribution in [0.3, 0.4) is 0 Å². The molecule has 7 heteroatoms. The molecule has 1 aromatic rings. The molecule has 102 valence electrons. The van der Waals surface area contributed by atoms with Crippen molar-refractivity contribution in [2.75, 3.05) is 14.2 Å². The van der Waals surface area contributed by atoms with Gasteiger partial charge in [0.1, 0.15) is 17.1 Å². The number of rotatable bonds is 5. The Kier molecular flexibility index (Phi) is 5.01. The van der Waals surface area contributed by atoms with Crippen molar-refractivity contribution in [3.8, 4) is 5.75 Å². The minimum absolute atomic E-state index is 0.0775. The minimum atomic E-state index is -0.852. The summed E-state index contributed by atoms with van der Waals surface area (Å²) < 4.78 is 14.1. The topological polar surface area (TPSA) is 103 Å². The standard InChI is InChI=1S/C12H12O7/c1-17-10(15)4-3-9-7(5-13)11(18-2)8(6-14)12(16)19-9/h3-5,14H,6H2,1-2H3/b4-3+. The molecule has 0 aliphatic heterocycles. The van der Waals surface area contributed by atoms with Crippen molar-refractivity contribution in [3.63, 3.8) is 0 Å². The summed E-state index contributed by atoms with van der Waals surface area (Å²) in [6.07, 6.45) is 2.50. The average molecular weight is 268 g/mol. The van der Waals surface area contributed by atoms with Gasteiger partial charge in [-0.3, -0.25) is 4.79 Å². The van der Waals surface area contributed by atoms with Crippen molar-refractivity contribution >= 4 is 18.3 Å². The first-order valence-corrected chi connectivity index (χ1v) is 5.15. The molecule has 0 aliphatic carbocycles. The van der Waals surface area contributed by atoms with Gasteiger partial charge in [0.05, 0.1) is 26.4 Å². The Labute approximate surface area is 108 Å². The highest BCUT2D eigenvalue weighted by Crippen LogP contribution is 2.24. The lowest BCUT2D eigenvalue weighted by Crippen LogP contribution is -2.13. The predicted octanol–water partition coefficient (Wildman–Crippen LogP) is 0.139. The summed E-state index contributed by atoms with van der Waals surface area (Å²) in [5.41, 5.74) is -1.10. The normalized spacial score (nSPS) is 10.5. The van der Waals surface area contributed by atoms with Gasteiger partial charge in [0.25, 0.3) is 0 Å². The molecular weight excluding hydrogens is 256 g/mol. The van der Waals surface area contributed by atoms with Gasteiger partial charge >= 0.3 is 11.6 Å². The molecule has 1 rings (SSSR count). The molecule has 0 aliphatic rings. The maximum absolute atomic E-state index is 11.6. The van der Waals surface area contributed by atoms with Gasteiger partial charge in [0.15, 0.2) is 6.29 Å². The lowest BCUT2D eigenvalue weighted by molar-refractivity contribution is -0.134. The van der Waals surface area contributed by atoms with Crippen LogP contribution in [0.5, 0.6) is 5.75 Å². The average Bonchev–Trinajstić information content (AvgIpc) is 2.43. The van der Waals surface area contributed by atoms with Gasteiger partial charge in [-0.25, -0.2) is 9.59 Å². The summed E-state index contributed by atoms with van der Waals surface area (Å²) >= 11 is 0. The number of aliphatic hydroxyl groups excluding tert-OH is 1. The number of hydrogen-bond acceptors (Lipinski definition) is 7. The molecule has 19 heavy (non-hydrogen) atoms. The largest absolute Gasteiger partial charge is 0.495 e. The fourth-order valence-electron chi connectivity index (χ4n) is 1.40. The first-order valence-electron chi connectivity index (χ1n) is 5.15. The number of hydrogen-bond donors (Lipinski definition) is 1. The molecule has 0 saturated heterocycles. The molecule has 0 spiro atoms. The summed E-state index contributed by atoms with van der Waals surface area (Å²) in [5, 5.41) is 9.05. The Balaban J connectivity index is 3.45. The van der Waals surface area contributed by atoms with Crippen LogP contribution in [0.4, 0.5) is 0 Å². The second-order valence-corrected chi connectivity index (χ2v) is 3.31. The molecule has 0 radical (unpaired) electrons. The SMILES string of the molecule is COC(=O)/C=C/c1oc(=O)c(CO)c(OC)c1C=O. The van der Waals surface area contributed by atoms with Crippen LogP contribution in [0, 0.1) is 0 Å². The van der Waals surface area contributed by atoms with Crippen molar-refractivity contribution in [2.24, 2.45) is 0 Å². The van der Waals surface area contributed by atoms with Gasteiger partial charge < -0.3 is 19.0 Å². The Morgan fingerprint density at radius 1 is 1.42 bits per heavy atom. The number of esters is 1. The monoisotopic (exact) mass is 268 g/mol. The summed E-state index contributed by atoms with van der Waals surface area (Å²) in [5.74, 6) is -0.914. The predicted molar refractivity (Wildman–Crippen MR) is 63.9 cm³/mol. The molecule has 1 N–H and O–H groups in total. The highest BCUT2D eigenvalue weighted by Gasteiger charge is 2.18. The number of aldehydes is 1. The van der Waals surface area contributed by atoms with Crippen LogP contribution in [0.15, 0.2) is 15.3 Å². The van der Waals surface area contributed by atoms with E-state index in [1.807, 2.05) is 0 Å². The van der Waals surface area contributed by atoms with Crippen molar-refractivity contribution in [1.82, 2.24) is 0 Å². The summed E-state index contributed by atoms with van der Waals surface area (Å²) in [4.78, 5) is 33.5. The van der Waals surface area contributed by atoms with Crippen LogP contribution >= 0.6 is 0 Å².